The number of hydrogen-bond acceptors (Lipinski definition) is 5. The minimum atomic E-state index is 0.145. The second-order valence-electron chi connectivity index (χ2n) is 5.16. The van der Waals surface area contributed by atoms with Crippen molar-refractivity contribution in [2.75, 3.05) is 30.4 Å². The summed E-state index contributed by atoms with van der Waals surface area (Å²) < 4.78 is 0. The molecule has 2 aromatic rings. The zero-order chi connectivity index (χ0) is 13.9. The van der Waals surface area contributed by atoms with Gasteiger partial charge in [0.15, 0.2) is 11.6 Å². The van der Waals surface area contributed by atoms with Crippen molar-refractivity contribution in [3.63, 3.8) is 0 Å². The highest BCUT2D eigenvalue weighted by Gasteiger charge is 2.25. The molecule has 5 nitrogen and oxygen atoms in total. The third kappa shape index (κ3) is 2.29. The average molecular weight is 272 g/mol. The lowest BCUT2D eigenvalue weighted by atomic mass is 10.0. The fourth-order valence-corrected chi connectivity index (χ4v) is 2.83. The summed E-state index contributed by atoms with van der Waals surface area (Å²) in [6, 6.07) is 8.02. The van der Waals surface area contributed by atoms with Crippen LogP contribution in [0.3, 0.4) is 0 Å². The second kappa shape index (κ2) is 5.63. The normalized spacial score (nSPS) is 19.3. The van der Waals surface area contributed by atoms with Gasteiger partial charge in [-0.05, 0) is 31.4 Å². The largest absolute Gasteiger partial charge is 0.394 e. The van der Waals surface area contributed by atoms with Crippen LogP contribution in [-0.4, -0.2) is 41.3 Å². The van der Waals surface area contributed by atoms with Crippen LogP contribution in [0.25, 0.3) is 11.0 Å². The van der Waals surface area contributed by atoms with Crippen LogP contribution in [0, 0.1) is 0 Å². The van der Waals surface area contributed by atoms with E-state index in [9.17, 15) is 5.11 Å². The van der Waals surface area contributed by atoms with Crippen molar-refractivity contribution < 1.29 is 5.11 Å². The van der Waals surface area contributed by atoms with Crippen LogP contribution in [0.5, 0.6) is 0 Å². The first-order chi connectivity index (χ1) is 9.83. The molecule has 1 atom stereocenters. The van der Waals surface area contributed by atoms with Gasteiger partial charge in [-0.3, -0.25) is 0 Å². The molecule has 0 saturated carbocycles. The molecule has 0 radical (unpaired) electrons. The summed E-state index contributed by atoms with van der Waals surface area (Å²) in [6.45, 7) is 1.09. The van der Waals surface area contributed by atoms with Crippen molar-refractivity contribution in [3.8, 4) is 0 Å². The monoisotopic (exact) mass is 272 g/mol. The number of nitrogens with zero attached hydrogens (tertiary/aromatic N) is 3. The van der Waals surface area contributed by atoms with Crippen LogP contribution in [0.2, 0.25) is 0 Å². The lowest BCUT2D eigenvalue weighted by molar-refractivity contribution is 0.239. The molecule has 1 aliphatic heterocycles. The molecule has 0 unspecified atom stereocenters. The first-order valence-corrected chi connectivity index (χ1v) is 7.15. The molecule has 0 bridgehead atoms. The standard InChI is InChI=1S/C15H20N4O/c1-16-14-15(19-9-5-4-6-11(19)10-20)18-13-8-3-2-7-12(13)17-14/h2-3,7-8,11,20H,4-6,9-10H2,1H3,(H,16,17)/t11-/m1/s1. The third-order valence-corrected chi connectivity index (χ3v) is 3.90. The van der Waals surface area contributed by atoms with Crippen LogP contribution in [0.4, 0.5) is 11.6 Å². The Morgan fingerprint density at radius 1 is 1.25 bits per heavy atom. The second-order valence-corrected chi connectivity index (χ2v) is 5.16. The number of fused-ring (bicyclic) bond motifs is 1. The molecule has 3 rings (SSSR count). The fraction of sp³-hybridized carbons (Fsp3) is 0.467. The molecular weight excluding hydrogens is 252 g/mol. The van der Waals surface area contributed by atoms with E-state index < -0.39 is 0 Å². The van der Waals surface area contributed by atoms with Crippen molar-refractivity contribution in [1.29, 1.82) is 0 Å². The van der Waals surface area contributed by atoms with Crippen molar-refractivity contribution >= 4 is 22.7 Å². The van der Waals surface area contributed by atoms with Crippen molar-refractivity contribution in [1.82, 2.24) is 9.97 Å². The van der Waals surface area contributed by atoms with Crippen LogP contribution in [0.15, 0.2) is 24.3 Å². The Morgan fingerprint density at radius 2 is 2.00 bits per heavy atom. The molecule has 2 heterocycles. The Balaban J connectivity index is 2.08. The smallest absolute Gasteiger partial charge is 0.172 e. The van der Waals surface area contributed by atoms with E-state index in [2.05, 4.69) is 15.2 Å². The number of aliphatic hydroxyl groups excluding tert-OH is 1. The van der Waals surface area contributed by atoms with Gasteiger partial charge in [-0.1, -0.05) is 12.1 Å². The maximum absolute atomic E-state index is 9.59. The highest BCUT2D eigenvalue weighted by Crippen LogP contribution is 2.29. The van der Waals surface area contributed by atoms with Crippen molar-refractivity contribution in [3.05, 3.63) is 24.3 Å². The van der Waals surface area contributed by atoms with E-state index in [0.717, 1.165) is 48.5 Å². The Hall–Kier alpha value is -1.88. The molecule has 5 heteroatoms. The van der Waals surface area contributed by atoms with E-state index in [-0.39, 0.29) is 12.6 Å². The van der Waals surface area contributed by atoms with Crippen LogP contribution < -0.4 is 10.2 Å². The van der Waals surface area contributed by atoms with E-state index in [0.29, 0.717) is 0 Å². The number of anilines is 2. The topological polar surface area (TPSA) is 61.3 Å². The summed E-state index contributed by atoms with van der Waals surface area (Å²) in [5, 5.41) is 12.7. The molecule has 1 aromatic carbocycles. The van der Waals surface area contributed by atoms with Gasteiger partial charge in [0.1, 0.15) is 0 Å². The molecule has 0 aliphatic carbocycles. The molecule has 0 spiro atoms. The zero-order valence-electron chi connectivity index (χ0n) is 11.7. The summed E-state index contributed by atoms with van der Waals surface area (Å²) in [7, 11) is 1.86. The summed E-state index contributed by atoms with van der Waals surface area (Å²) in [5.41, 5.74) is 1.78. The SMILES string of the molecule is CNc1nc2ccccc2nc1N1CCCC[C@@H]1CO. The van der Waals surface area contributed by atoms with E-state index in [1.165, 1.54) is 0 Å². The predicted molar refractivity (Wildman–Crippen MR) is 81.2 cm³/mol. The fourth-order valence-electron chi connectivity index (χ4n) is 2.83. The average Bonchev–Trinajstić information content (AvgIpc) is 2.53. The Bertz CT molecular complexity index is 601. The van der Waals surface area contributed by atoms with Gasteiger partial charge in [0, 0.05) is 13.6 Å². The molecule has 1 aromatic heterocycles. The number of aromatic nitrogens is 2. The molecule has 1 aliphatic rings. The molecule has 106 valence electrons. The van der Waals surface area contributed by atoms with Gasteiger partial charge in [-0.15, -0.1) is 0 Å². The zero-order valence-corrected chi connectivity index (χ0v) is 11.7. The van der Waals surface area contributed by atoms with Gasteiger partial charge in [-0.25, -0.2) is 9.97 Å². The van der Waals surface area contributed by atoms with E-state index >= 15 is 0 Å². The number of aliphatic hydroxyl groups is 1. The van der Waals surface area contributed by atoms with Crippen LogP contribution in [-0.2, 0) is 0 Å². The quantitative estimate of drug-likeness (QED) is 0.895. The predicted octanol–water partition coefficient (Wildman–Crippen LogP) is 2.02. The molecular formula is C15H20N4O. The molecule has 20 heavy (non-hydrogen) atoms. The van der Waals surface area contributed by atoms with Gasteiger partial charge in [-0.2, -0.15) is 0 Å². The Labute approximate surface area is 118 Å². The molecule has 1 fully saturated rings. The lowest BCUT2D eigenvalue weighted by Crippen LogP contribution is -2.42. The van der Waals surface area contributed by atoms with Crippen LogP contribution in [0.1, 0.15) is 19.3 Å². The maximum Gasteiger partial charge on any atom is 0.172 e. The van der Waals surface area contributed by atoms with Gasteiger partial charge >= 0.3 is 0 Å². The van der Waals surface area contributed by atoms with E-state index in [4.69, 9.17) is 4.98 Å². The van der Waals surface area contributed by atoms with Gasteiger partial charge < -0.3 is 15.3 Å². The Kier molecular flexibility index (Phi) is 3.69. The summed E-state index contributed by atoms with van der Waals surface area (Å²) in [6.07, 6.45) is 3.31. The van der Waals surface area contributed by atoms with Crippen LogP contribution >= 0.6 is 0 Å². The van der Waals surface area contributed by atoms with E-state index in [1.807, 2.05) is 31.3 Å². The number of nitrogens with one attached hydrogen (secondary N) is 1. The summed E-state index contributed by atoms with van der Waals surface area (Å²) >= 11 is 0. The highest BCUT2D eigenvalue weighted by molar-refractivity contribution is 5.80. The van der Waals surface area contributed by atoms with Gasteiger partial charge in [0.2, 0.25) is 0 Å². The highest BCUT2D eigenvalue weighted by atomic mass is 16.3. The minimum Gasteiger partial charge on any atom is -0.394 e. The van der Waals surface area contributed by atoms with Gasteiger partial charge in [0.05, 0.1) is 23.7 Å². The summed E-state index contributed by atoms with van der Waals surface area (Å²) in [5.74, 6) is 1.63. The maximum atomic E-state index is 9.59. The van der Waals surface area contributed by atoms with Crippen molar-refractivity contribution in [2.45, 2.75) is 25.3 Å². The first-order valence-electron chi connectivity index (χ1n) is 7.15. The van der Waals surface area contributed by atoms with E-state index in [1.54, 1.807) is 0 Å². The first kappa shape index (κ1) is 13.1. The van der Waals surface area contributed by atoms with Crippen molar-refractivity contribution in [2.24, 2.45) is 0 Å². The Morgan fingerprint density at radius 3 is 2.70 bits per heavy atom. The number of hydrogen-bond donors (Lipinski definition) is 2. The number of rotatable bonds is 3. The number of para-hydroxylation sites is 2. The number of benzene rings is 1. The number of piperidine rings is 1. The molecule has 0 amide bonds. The minimum absolute atomic E-state index is 0.145. The molecule has 2 N–H and O–H groups in total. The lowest BCUT2D eigenvalue weighted by Gasteiger charge is -2.36. The molecule has 1 saturated heterocycles. The van der Waals surface area contributed by atoms with Gasteiger partial charge in [0.25, 0.3) is 0 Å². The summed E-state index contributed by atoms with van der Waals surface area (Å²) in [4.78, 5) is 11.6. The third-order valence-electron chi connectivity index (χ3n) is 3.90.